The lowest BCUT2D eigenvalue weighted by atomic mass is 10.4. The van der Waals surface area contributed by atoms with Crippen molar-refractivity contribution >= 4 is 17.5 Å². The number of hydrogen-bond donors (Lipinski definition) is 3. The number of fused-ring (bicyclic) bond motifs is 1. The van der Waals surface area contributed by atoms with Crippen molar-refractivity contribution < 1.29 is 9.90 Å². The maximum absolute atomic E-state index is 11.3. The van der Waals surface area contributed by atoms with Gasteiger partial charge in [0, 0.05) is 6.54 Å². The van der Waals surface area contributed by atoms with Gasteiger partial charge in [0.2, 0.25) is 0 Å². The SMILES string of the molecule is O=C(O)CCN1CNc2c1nc[nH]c2=O. The molecule has 0 saturated heterocycles. The Morgan fingerprint density at radius 1 is 1.67 bits per heavy atom. The molecule has 0 aromatic carbocycles. The zero-order chi connectivity index (χ0) is 10.8. The van der Waals surface area contributed by atoms with E-state index in [1.165, 1.54) is 6.33 Å². The number of carbonyl (C=O) groups is 1. The van der Waals surface area contributed by atoms with Crippen molar-refractivity contribution in [2.75, 3.05) is 23.4 Å². The van der Waals surface area contributed by atoms with E-state index in [1.54, 1.807) is 4.90 Å². The van der Waals surface area contributed by atoms with Crippen LogP contribution in [-0.2, 0) is 4.79 Å². The van der Waals surface area contributed by atoms with Crippen molar-refractivity contribution in [1.29, 1.82) is 0 Å². The van der Waals surface area contributed by atoms with E-state index in [1.807, 2.05) is 0 Å². The second-order valence-corrected chi connectivity index (χ2v) is 3.17. The number of carboxylic acid groups (broad SMARTS) is 1. The topological polar surface area (TPSA) is 98.3 Å². The Morgan fingerprint density at radius 3 is 3.20 bits per heavy atom. The Kier molecular flexibility index (Phi) is 2.28. The number of anilines is 2. The van der Waals surface area contributed by atoms with Gasteiger partial charge in [-0.3, -0.25) is 9.59 Å². The lowest BCUT2D eigenvalue weighted by molar-refractivity contribution is -0.136. The molecule has 0 amide bonds. The van der Waals surface area contributed by atoms with Gasteiger partial charge in [-0.15, -0.1) is 0 Å². The highest BCUT2D eigenvalue weighted by molar-refractivity contribution is 5.71. The normalized spacial score (nSPS) is 13.5. The monoisotopic (exact) mass is 210 g/mol. The molecule has 3 N–H and O–H groups in total. The molecule has 80 valence electrons. The van der Waals surface area contributed by atoms with Gasteiger partial charge in [-0.1, -0.05) is 0 Å². The van der Waals surface area contributed by atoms with Crippen LogP contribution in [-0.4, -0.2) is 34.3 Å². The molecule has 1 aliphatic heterocycles. The fourth-order valence-electron chi connectivity index (χ4n) is 1.45. The molecule has 0 fully saturated rings. The van der Waals surface area contributed by atoms with Gasteiger partial charge in [0.15, 0.2) is 5.82 Å². The summed E-state index contributed by atoms with van der Waals surface area (Å²) in [5, 5.41) is 11.4. The second-order valence-electron chi connectivity index (χ2n) is 3.17. The smallest absolute Gasteiger partial charge is 0.305 e. The summed E-state index contributed by atoms with van der Waals surface area (Å²) in [5.74, 6) is -0.353. The summed E-state index contributed by atoms with van der Waals surface area (Å²) in [4.78, 5) is 29.9. The average Bonchev–Trinajstić information content (AvgIpc) is 2.59. The van der Waals surface area contributed by atoms with Gasteiger partial charge >= 0.3 is 5.97 Å². The number of nitrogens with zero attached hydrogens (tertiary/aromatic N) is 2. The third-order valence-corrected chi connectivity index (χ3v) is 2.17. The zero-order valence-corrected chi connectivity index (χ0v) is 7.86. The molecule has 7 nitrogen and oxygen atoms in total. The first-order chi connectivity index (χ1) is 7.18. The van der Waals surface area contributed by atoms with Crippen molar-refractivity contribution in [3.8, 4) is 0 Å². The van der Waals surface area contributed by atoms with E-state index in [-0.39, 0.29) is 12.0 Å². The third-order valence-electron chi connectivity index (χ3n) is 2.17. The summed E-state index contributed by atoms with van der Waals surface area (Å²) >= 11 is 0. The summed E-state index contributed by atoms with van der Waals surface area (Å²) in [6, 6.07) is 0. The zero-order valence-electron chi connectivity index (χ0n) is 7.86. The van der Waals surface area contributed by atoms with Crippen LogP contribution in [0.25, 0.3) is 0 Å². The summed E-state index contributed by atoms with van der Waals surface area (Å²) in [5.41, 5.74) is 0.167. The summed E-state index contributed by atoms with van der Waals surface area (Å²) < 4.78 is 0. The van der Waals surface area contributed by atoms with Gasteiger partial charge in [-0.05, 0) is 0 Å². The molecule has 0 atom stereocenters. The predicted molar refractivity (Wildman–Crippen MR) is 52.9 cm³/mol. The molecule has 1 aliphatic rings. The highest BCUT2D eigenvalue weighted by Gasteiger charge is 2.22. The second kappa shape index (κ2) is 3.60. The summed E-state index contributed by atoms with van der Waals surface area (Å²) in [6.45, 7) is 0.758. The number of aliphatic carboxylic acids is 1. The predicted octanol–water partition coefficient (Wildman–Crippen LogP) is -0.566. The van der Waals surface area contributed by atoms with Crippen molar-refractivity contribution in [2.24, 2.45) is 0 Å². The standard InChI is InChI=1S/C8H10N4O3/c13-5(14)1-2-12-4-11-6-7(12)9-3-10-8(6)15/h3,11H,1-2,4H2,(H,13,14)(H,9,10,15). The highest BCUT2D eigenvalue weighted by atomic mass is 16.4. The molecule has 7 heteroatoms. The van der Waals surface area contributed by atoms with Gasteiger partial charge in [-0.2, -0.15) is 0 Å². The molecule has 0 saturated carbocycles. The van der Waals surface area contributed by atoms with Crippen LogP contribution in [0, 0.1) is 0 Å². The molecule has 0 bridgehead atoms. The van der Waals surface area contributed by atoms with E-state index in [9.17, 15) is 9.59 Å². The molecule has 0 unspecified atom stereocenters. The number of carboxylic acids is 1. The van der Waals surface area contributed by atoms with Crippen LogP contribution in [0.2, 0.25) is 0 Å². The fraction of sp³-hybridized carbons (Fsp3) is 0.375. The maximum atomic E-state index is 11.3. The molecule has 0 spiro atoms. The minimum absolute atomic E-state index is 0.0234. The van der Waals surface area contributed by atoms with E-state index < -0.39 is 5.97 Å². The molecule has 15 heavy (non-hydrogen) atoms. The molecule has 2 rings (SSSR count). The first-order valence-corrected chi connectivity index (χ1v) is 4.47. The molecular weight excluding hydrogens is 200 g/mol. The van der Waals surface area contributed by atoms with Crippen molar-refractivity contribution in [2.45, 2.75) is 6.42 Å². The molecular formula is C8H10N4O3. The largest absolute Gasteiger partial charge is 0.481 e. The fourth-order valence-corrected chi connectivity index (χ4v) is 1.45. The van der Waals surface area contributed by atoms with Crippen LogP contribution in [0.5, 0.6) is 0 Å². The highest BCUT2D eigenvalue weighted by Crippen LogP contribution is 2.23. The van der Waals surface area contributed by atoms with E-state index in [4.69, 9.17) is 5.11 Å². The summed E-state index contributed by atoms with van der Waals surface area (Å²) in [6.07, 6.45) is 1.33. The van der Waals surface area contributed by atoms with Gasteiger partial charge in [0.1, 0.15) is 5.69 Å². The van der Waals surface area contributed by atoms with Gasteiger partial charge in [0.05, 0.1) is 19.4 Å². The Bertz CT molecular complexity index is 442. The van der Waals surface area contributed by atoms with Crippen LogP contribution in [0.4, 0.5) is 11.5 Å². The summed E-state index contributed by atoms with van der Waals surface area (Å²) in [7, 11) is 0. The van der Waals surface area contributed by atoms with E-state index >= 15 is 0 Å². The van der Waals surface area contributed by atoms with Crippen LogP contribution in [0.3, 0.4) is 0 Å². The number of aromatic amines is 1. The quantitative estimate of drug-likeness (QED) is 0.618. The number of nitrogens with one attached hydrogen (secondary N) is 2. The van der Waals surface area contributed by atoms with E-state index in [2.05, 4.69) is 15.3 Å². The van der Waals surface area contributed by atoms with Crippen LogP contribution in [0.15, 0.2) is 11.1 Å². The van der Waals surface area contributed by atoms with Crippen molar-refractivity contribution in [3.05, 3.63) is 16.7 Å². The maximum Gasteiger partial charge on any atom is 0.305 e. The van der Waals surface area contributed by atoms with Crippen molar-refractivity contribution in [3.63, 3.8) is 0 Å². The minimum Gasteiger partial charge on any atom is -0.481 e. The minimum atomic E-state index is -0.867. The van der Waals surface area contributed by atoms with Crippen molar-refractivity contribution in [1.82, 2.24) is 9.97 Å². The Balaban J connectivity index is 2.18. The molecule has 1 aromatic heterocycles. The number of aromatic nitrogens is 2. The molecule has 0 aliphatic carbocycles. The van der Waals surface area contributed by atoms with E-state index in [0.717, 1.165) is 0 Å². The van der Waals surface area contributed by atoms with Crippen LogP contribution >= 0.6 is 0 Å². The Morgan fingerprint density at radius 2 is 2.47 bits per heavy atom. The lowest BCUT2D eigenvalue weighted by Crippen LogP contribution is -2.26. The number of hydrogen-bond acceptors (Lipinski definition) is 5. The van der Waals surface area contributed by atoms with Gasteiger partial charge in [-0.25, -0.2) is 4.98 Å². The lowest BCUT2D eigenvalue weighted by Gasteiger charge is -2.14. The Labute approximate surface area is 84.8 Å². The molecule has 2 heterocycles. The van der Waals surface area contributed by atoms with Gasteiger partial charge in [0.25, 0.3) is 5.56 Å². The first-order valence-electron chi connectivity index (χ1n) is 4.47. The third kappa shape index (κ3) is 1.76. The van der Waals surface area contributed by atoms with Gasteiger partial charge < -0.3 is 20.3 Å². The Hall–Kier alpha value is -2.05. The molecule has 0 radical (unpaired) electrons. The molecule has 1 aromatic rings. The number of rotatable bonds is 3. The van der Waals surface area contributed by atoms with Crippen LogP contribution in [0.1, 0.15) is 6.42 Å². The number of H-pyrrole nitrogens is 1. The average molecular weight is 210 g/mol. The van der Waals surface area contributed by atoms with E-state index in [0.29, 0.717) is 24.7 Å². The van der Waals surface area contributed by atoms with Crippen LogP contribution < -0.4 is 15.8 Å². The first kappa shape index (κ1) is 9.50.